The van der Waals surface area contributed by atoms with Crippen LogP contribution in [0.2, 0.25) is 0 Å². The number of alkyl carbamates (subject to hydrolysis) is 1. The topological polar surface area (TPSA) is 76.7 Å². The van der Waals surface area contributed by atoms with Gasteiger partial charge in [0, 0.05) is 17.5 Å². The Morgan fingerprint density at radius 1 is 1.32 bits per heavy atom. The van der Waals surface area contributed by atoms with Crippen LogP contribution in [0.25, 0.3) is 0 Å². The normalized spacial score (nSPS) is 12.2. The summed E-state index contributed by atoms with van der Waals surface area (Å²) in [4.78, 5) is 24.6. The van der Waals surface area contributed by atoms with Crippen LogP contribution in [0.4, 0.5) is 13.6 Å². The number of aryl methyl sites for hydroxylation is 1. The predicted molar refractivity (Wildman–Crippen MR) is 91.4 cm³/mol. The zero-order valence-electron chi connectivity index (χ0n) is 14.7. The first-order valence-corrected chi connectivity index (χ1v) is 8.81. The summed E-state index contributed by atoms with van der Waals surface area (Å²) in [6.45, 7) is 4.76. The third-order valence-electron chi connectivity index (χ3n) is 3.11. The van der Waals surface area contributed by atoms with E-state index in [4.69, 9.17) is 4.74 Å². The second-order valence-electron chi connectivity index (χ2n) is 5.83. The average Bonchev–Trinajstić information content (AvgIpc) is 2.84. The molecule has 25 heavy (non-hydrogen) atoms. The fourth-order valence-electron chi connectivity index (χ4n) is 2.23. The van der Waals surface area contributed by atoms with Crippen molar-refractivity contribution >= 4 is 23.3 Å². The lowest BCUT2D eigenvalue weighted by Gasteiger charge is -2.20. The molecule has 2 amide bonds. The number of thiophene rings is 1. The number of alkyl halides is 2. The molecule has 0 radical (unpaired) electrons. The van der Waals surface area contributed by atoms with E-state index in [-0.39, 0.29) is 35.7 Å². The summed E-state index contributed by atoms with van der Waals surface area (Å²) in [5.74, 6) is -0.382. The Labute approximate surface area is 149 Å². The quantitative estimate of drug-likeness (QED) is 0.689. The molecule has 0 fully saturated rings. The van der Waals surface area contributed by atoms with Gasteiger partial charge in [-0.3, -0.25) is 4.79 Å². The lowest BCUT2D eigenvalue weighted by molar-refractivity contribution is -0.0498. The van der Waals surface area contributed by atoms with Crippen LogP contribution in [0.5, 0.6) is 5.75 Å². The van der Waals surface area contributed by atoms with Crippen molar-refractivity contribution in [3.8, 4) is 5.75 Å². The van der Waals surface area contributed by atoms with E-state index in [9.17, 15) is 18.4 Å². The third-order valence-corrected chi connectivity index (χ3v) is 4.14. The molecule has 1 aromatic heterocycles. The van der Waals surface area contributed by atoms with Gasteiger partial charge in [-0.1, -0.05) is 13.8 Å². The monoisotopic (exact) mass is 378 g/mol. The molecule has 1 unspecified atom stereocenters. The molecule has 0 aromatic carbocycles. The maximum absolute atomic E-state index is 12.4. The van der Waals surface area contributed by atoms with Gasteiger partial charge in [-0.15, -0.1) is 11.3 Å². The summed E-state index contributed by atoms with van der Waals surface area (Å²) in [5.41, 5.74) is 0. The molecule has 1 atom stereocenters. The van der Waals surface area contributed by atoms with Crippen molar-refractivity contribution in [1.82, 2.24) is 10.6 Å². The van der Waals surface area contributed by atoms with Crippen LogP contribution >= 0.6 is 11.3 Å². The first-order chi connectivity index (χ1) is 11.7. The van der Waals surface area contributed by atoms with E-state index in [1.54, 1.807) is 13.8 Å². The zero-order valence-corrected chi connectivity index (χ0v) is 15.5. The van der Waals surface area contributed by atoms with Crippen molar-refractivity contribution < 1.29 is 27.8 Å². The summed E-state index contributed by atoms with van der Waals surface area (Å²) in [5, 5.41) is 5.34. The number of carbonyl (C=O) groups excluding carboxylic acids is 2. The Kier molecular flexibility index (Phi) is 8.60. The van der Waals surface area contributed by atoms with E-state index in [0.29, 0.717) is 11.3 Å². The van der Waals surface area contributed by atoms with Gasteiger partial charge in [0.1, 0.15) is 10.6 Å². The molecular formula is C16H24F2N2O4S. The second-order valence-corrected chi connectivity index (χ2v) is 7.09. The fourth-order valence-corrected chi connectivity index (χ4v) is 3.09. The first-order valence-electron chi connectivity index (χ1n) is 7.99. The minimum absolute atomic E-state index is 0.0808. The SMILES string of the molecule is CCOC(=O)NC(CNC(=O)c1sc(C)cc1OC(F)F)CC(C)C. The van der Waals surface area contributed by atoms with Gasteiger partial charge in [-0.05, 0) is 32.3 Å². The molecule has 1 heterocycles. The van der Waals surface area contributed by atoms with Crippen LogP contribution in [-0.4, -0.2) is 37.8 Å². The van der Waals surface area contributed by atoms with E-state index in [1.807, 2.05) is 13.8 Å². The summed E-state index contributed by atoms with van der Waals surface area (Å²) in [7, 11) is 0. The Balaban J connectivity index is 2.71. The number of nitrogens with one attached hydrogen (secondary N) is 2. The van der Waals surface area contributed by atoms with Crippen LogP contribution in [0.15, 0.2) is 6.07 Å². The van der Waals surface area contributed by atoms with Crippen molar-refractivity contribution in [3.63, 3.8) is 0 Å². The van der Waals surface area contributed by atoms with Crippen LogP contribution in [0.1, 0.15) is 41.7 Å². The zero-order chi connectivity index (χ0) is 19.0. The van der Waals surface area contributed by atoms with Crippen molar-refractivity contribution in [2.24, 2.45) is 5.92 Å². The van der Waals surface area contributed by atoms with Crippen LogP contribution in [-0.2, 0) is 4.74 Å². The Morgan fingerprint density at radius 3 is 2.56 bits per heavy atom. The summed E-state index contributed by atoms with van der Waals surface area (Å²) >= 11 is 1.07. The van der Waals surface area contributed by atoms with Crippen LogP contribution in [0.3, 0.4) is 0 Å². The van der Waals surface area contributed by atoms with Crippen molar-refractivity contribution in [3.05, 3.63) is 15.8 Å². The van der Waals surface area contributed by atoms with Gasteiger partial charge in [0.05, 0.1) is 6.61 Å². The molecule has 0 aliphatic rings. The van der Waals surface area contributed by atoms with Gasteiger partial charge in [0.2, 0.25) is 0 Å². The van der Waals surface area contributed by atoms with Gasteiger partial charge in [0.15, 0.2) is 0 Å². The molecule has 0 spiro atoms. The molecule has 1 rings (SSSR count). The van der Waals surface area contributed by atoms with Crippen LogP contribution < -0.4 is 15.4 Å². The van der Waals surface area contributed by atoms with E-state index >= 15 is 0 Å². The first kappa shape index (κ1) is 21.1. The van der Waals surface area contributed by atoms with E-state index in [2.05, 4.69) is 15.4 Å². The highest BCUT2D eigenvalue weighted by Gasteiger charge is 2.21. The van der Waals surface area contributed by atoms with E-state index < -0.39 is 18.6 Å². The Bertz CT molecular complexity index is 578. The predicted octanol–water partition coefficient (Wildman–Crippen LogP) is 3.55. The van der Waals surface area contributed by atoms with Gasteiger partial charge in [-0.2, -0.15) is 8.78 Å². The minimum Gasteiger partial charge on any atom is -0.450 e. The van der Waals surface area contributed by atoms with Gasteiger partial charge in [0.25, 0.3) is 5.91 Å². The minimum atomic E-state index is -3.00. The fraction of sp³-hybridized carbons (Fsp3) is 0.625. The molecule has 9 heteroatoms. The largest absolute Gasteiger partial charge is 0.450 e. The Hall–Kier alpha value is -1.90. The number of ether oxygens (including phenoxy) is 2. The van der Waals surface area contributed by atoms with Crippen molar-refractivity contribution in [1.29, 1.82) is 0 Å². The Morgan fingerprint density at radius 2 is 2.00 bits per heavy atom. The van der Waals surface area contributed by atoms with Gasteiger partial charge in [-0.25, -0.2) is 4.79 Å². The number of carbonyl (C=O) groups is 2. The maximum Gasteiger partial charge on any atom is 0.407 e. The molecular weight excluding hydrogens is 354 g/mol. The van der Waals surface area contributed by atoms with Crippen molar-refractivity contribution in [2.45, 2.75) is 46.8 Å². The second kappa shape index (κ2) is 10.2. The highest BCUT2D eigenvalue weighted by molar-refractivity contribution is 7.14. The summed E-state index contributed by atoms with van der Waals surface area (Å²) < 4.78 is 34.1. The maximum atomic E-state index is 12.4. The number of hydrogen-bond acceptors (Lipinski definition) is 5. The lowest BCUT2D eigenvalue weighted by Crippen LogP contribution is -2.44. The van der Waals surface area contributed by atoms with Gasteiger partial charge < -0.3 is 20.1 Å². The molecule has 1 aromatic rings. The molecule has 0 aliphatic carbocycles. The lowest BCUT2D eigenvalue weighted by atomic mass is 10.0. The standard InChI is InChI=1S/C16H24F2N2O4S/c1-5-23-16(22)20-11(6-9(2)3)8-19-14(21)13-12(24-15(17)18)7-10(4)25-13/h7,9,11,15H,5-6,8H2,1-4H3,(H,19,21)(H,20,22). The smallest absolute Gasteiger partial charge is 0.407 e. The third kappa shape index (κ3) is 7.68. The summed E-state index contributed by atoms with van der Waals surface area (Å²) in [6, 6.07) is 1.07. The number of hydrogen-bond donors (Lipinski definition) is 2. The highest BCUT2D eigenvalue weighted by atomic mass is 32.1. The number of halogens is 2. The van der Waals surface area contributed by atoms with E-state index in [0.717, 1.165) is 11.3 Å². The summed E-state index contributed by atoms with van der Waals surface area (Å²) in [6.07, 6.45) is 0.0688. The molecule has 142 valence electrons. The number of rotatable bonds is 9. The molecule has 2 N–H and O–H groups in total. The molecule has 0 saturated heterocycles. The molecule has 0 saturated carbocycles. The molecule has 0 bridgehead atoms. The highest BCUT2D eigenvalue weighted by Crippen LogP contribution is 2.30. The van der Waals surface area contributed by atoms with Crippen molar-refractivity contribution in [2.75, 3.05) is 13.2 Å². The van der Waals surface area contributed by atoms with Crippen LogP contribution in [0, 0.1) is 12.8 Å². The average molecular weight is 378 g/mol. The molecule has 0 aliphatic heterocycles. The number of amides is 2. The van der Waals surface area contributed by atoms with E-state index in [1.165, 1.54) is 6.07 Å². The molecule has 6 nitrogen and oxygen atoms in total. The van der Waals surface area contributed by atoms with Gasteiger partial charge >= 0.3 is 12.7 Å².